The Morgan fingerprint density at radius 1 is 0.960 bits per heavy atom. The van der Waals surface area contributed by atoms with E-state index in [1.54, 1.807) is 0 Å². The topological polar surface area (TPSA) is 154 Å². The number of rotatable bonds is 11. The van der Waals surface area contributed by atoms with Crippen molar-refractivity contribution >= 4 is 11.9 Å². The summed E-state index contributed by atoms with van der Waals surface area (Å²) in [6, 6.07) is 0. The standard InChI is InChI=1S/C7H12O4.C6H14O3.C3H4O2/c1-2-7(9)11-6-5-10-4-3-8;1-2-6(3-7,4-8)5-9;1-2-3(4)5/h2,8H,1,3-6H2;7-9H,2-5H2,1H3;2H,1H2,(H,4,5). The lowest BCUT2D eigenvalue weighted by Gasteiger charge is -2.24. The third-order valence-electron chi connectivity index (χ3n) is 2.81. The second kappa shape index (κ2) is 20.3. The highest BCUT2D eigenvalue weighted by molar-refractivity contribution is 5.81. The van der Waals surface area contributed by atoms with Crippen LogP contribution in [-0.2, 0) is 19.1 Å². The van der Waals surface area contributed by atoms with Crippen LogP contribution >= 0.6 is 0 Å². The zero-order chi connectivity index (χ0) is 20.1. The van der Waals surface area contributed by atoms with Gasteiger partial charge in [-0.15, -0.1) is 0 Å². The lowest BCUT2D eigenvalue weighted by molar-refractivity contribution is -0.139. The molecule has 0 aromatic rings. The van der Waals surface area contributed by atoms with Crippen LogP contribution in [0, 0.1) is 5.41 Å². The van der Waals surface area contributed by atoms with Gasteiger partial charge in [0, 0.05) is 17.6 Å². The van der Waals surface area contributed by atoms with E-state index >= 15 is 0 Å². The fourth-order valence-corrected chi connectivity index (χ4v) is 0.912. The first-order valence-corrected chi connectivity index (χ1v) is 7.48. The van der Waals surface area contributed by atoms with Gasteiger partial charge in [-0.2, -0.15) is 0 Å². The number of carbonyl (C=O) groups is 2. The van der Waals surface area contributed by atoms with E-state index in [-0.39, 0.29) is 39.6 Å². The van der Waals surface area contributed by atoms with Crippen molar-refractivity contribution in [2.45, 2.75) is 13.3 Å². The molecule has 0 unspecified atom stereocenters. The molecule has 5 N–H and O–H groups in total. The fraction of sp³-hybridized carbons (Fsp3) is 0.625. The lowest BCUT2D eigenvalue weighted by Crippen LogP contribution is -2.32. The maximum Gasteiger partial charge on any atom is 0.330 e. The normalized spacial score (nSPS) is 9.64. The zero-order valence-electron chi connectivity index (χ0n) is 14.6. The molecular formula is C16H30O9. The van der Waals surface area contributed by atoms with Crippen molar-refractivity contribution < 1.29 is 44.6 Å². The van der Waals surface area contributed by atoms with Gasteiger partial charge in [0.1, 0.15) is 6.61 Å². The molecule has 0 saturated heterocycles. The number of hydrogen-bond acceptors (Lipinski definition) is 8. The highest BCUT2D eigenvalue weighted by Gasteiger charge is 2.24. The van der Waals surface area contributed by atoms with Gasteiger partial charge in [-0.05, 0) is 6.42 Å². The molecule has 0 heterocycles. The van der Waals surface area contributed by atoms with Gasteiger partial charge in [-0.25, -0.2) is 9.59 Å². The average molecular weight is 366 g/mol. The molecule has 0 aliphatic heterocycles. The Bertz CT molecular complexity index is 334. The Labute approximate surface area is 147 Å². The predicted octanol–water partition coefficient (Wildman–Crippen LogP) is -0.659. The molecule has 9 nitrogen and oxygen atoms in total. The summed E-state index contributed by atoms with van der Waals surface area (Å²) in [6.45, 7) is 8.29. The Kier molecular flexibility index (Phi) is 22.7. The minimum absolute atomic E-state index is 0.0184. The molecule has 0 atom stereocenters. The number of hydrogen-bond donors (Lipinski definition) is 5. The minimum Gasteiger partial charge on any atom is -0.478 e. The molecule has 0 aliphatic rings. The first kappa shape index (κ1) is 28.0. The van der Waals surface area contributed by atoms with Gasteiger partial charge in [0.15, 0.2) is 0 Å². The number of carboxylic acid groups (broad SMARTS) is 1. The predicted molar refractivity (Wildman–Crippen MR) is 90.9 cm³/mol. The van der Waals surface area contributed by atoms with Crippen LogP contribution in [-0.4, -0.2) is 83.7 Å². The van der Waals surface area contributed by atoms with Gasteiger partial charge < -0.3 is 35.0 Å². The summed E-state index contributed by atoms with van der Waals surface area (Å²) in [4.78, 5) is 19.6. The first-order chi connectivity index (χ1) is 11.8. The van der Waals surface area contributed by atoms with Crippen molar-refractivity contribution in [3.8, 4) is 0 Å². The van der Waals surface area contributed by atoms with E-state index in [0.29, 0.717) is 13.0 Å². The lowest BCUT2D eigenvalue weighted by atomic mass is 9.88. The monoisotopic (exact) mass is 366 g/mol. The van der Waals surface area contributed by atoms with Gasteiger partial charge >= 0.3 is 11.9 Å². The van der Waals surface area contributed by atoms with Gasteiger partial charge in [0.25, 0.3) is 0 Å². The molecule has 0 spiro atoms. The Morgan fingerprint density at radius 2 is 1.44 bits per heavy atom. The summed E-state index contributed by atoms with van der Waals surface area (Å²) in [5, 5.41) is 41.8. The van der Waals surface area contributed by atoms with Crippen LogP contribution in [0.5, 0.6) is 0 Å². The molecular weight excluding hydrogens is 336 g/mol. The van der Waals surface area contributed by atoms with E-state index in [1.165, 1.54) is 0 Å². The summed E-state index contributed by atoms with van der Waals surface area (Å²) < 4.78 is 9.39. The van der Waals surface area contributed by atoms with Crippen molar-refractivity contribution in [2.75, 3.05) is 46.2 Å². The van der Waals surface area contributed by atoms with Gasteiger partial charge in [0.05, 0.1) is 39.6 Å². The second-order valence-corrected chi connectivity index (χ2v) is 4.58. The Morgan fingerprint density at radius 3 is 1.68 bits per heavy atom. The van der Waals surface area contributed by atoms with Crippen LogP contribution in [0.2, 0.25) is 0 Å². The highest BCUT2D eigenvalue weighted by atomic mass is 16.6. The van der Waals surface area contributed by atoms with E-state index in [2.05, 4.69) is 17.9 Å². The number of carboxylic acids is 1. The van der Waals surface area contributed by atoms with Crippen LogP contribution in [0.25, 0.3) is 0 Å². The molecule has 0 saturated carbocycles. The Balaban J connectivity index is -0.000000311. The van der Waals surface area contributed by atoms with Crippen molar-refractivity contribution in [1.82, 2.24) is 0 Å². The average Bonchev–Trinajstić information content (AvgIpc) is 2.64. The quantitative estimate of drug-likeness (QED) is 0.182. The molecule has 0 aliphatic carbocycles. The summed E-state index contributed by atoms with van der Waals surface area (Å²) in [5.74, 6) is -1.44. The molecule has 9 heteroatoms. The SMILES string of the molecule is C=CC(=O)O.C=CC(=O)OCCOCCO.CCC(CO)(CO)CO. The van der Waals surface area contributed by atoms with Crippen LogP contribution in [0.4, 0.5) is 0 Å². The molecule has 148 valence electrons. The molecule has 0 rings (SSSR count). The number of aliphatic hydroxyl groups excluding tert-OH is 4. The third-order valence-corrected chi connectivity index (χ3v) is 2.81. The van der Waals surface area contributed by atoms with E-state index < -0.39 is 17.4 Å². The van der Waals surface area contributed by atoms with Crippen LogP contribution in [0.3, 0.4) is 0 Å². The van der Waals surface area contributed by atoms with E-state index in [4.69, 9.17) is 30.3 Å². The summed E-state index contributed by atoms with van der Waals surface area (Å²) in [6.07, 6.45) is 2.52. The van der Waals surface area contributed by atoms with E-state index in [1.807, 2.05) is 6.92 Å². The largest absolute Gasteiger partial charge is 0.478 e. The molecule has 0 amide bonds. The van der Waals surface area contributed by atoms with Gasteiger partial charge in [0.2, 0.25) is 0 Å². The number of aliphatic hydroxyl groups is 4. The molecule has 0 aromatic heterocycles. The van der Waals surface area contributed by atoms with Crippen molar-refractivity contribution in [3.05, 3.63) is 25.3 Å². The van der Waals surface area contributed by atoms with E-state index in [9.17, 15) is 9.59 Å². The summed E-state index contributed by atoms with van der Waals surface area (Å²) in [5.41, 5.74) is -0.667. The Hall–Kier alpha value is -1.78. The van der Waals surface area contributed by atoms with Crippen LogP contribution in [0.1, 0.15) is 13.3 Å². The first-order valence-electron chi connectivity index (χ1n) is 7.48. The number of carbonyl (C=O) groups excluding carboxylic acids is 1. The number of ether oxygens (including phenoxy) is 2. The van der Waals surface area contributed by atoms with Gasteiger partial charge in [-0.3, -0.25) is 0 Å². The van der Waals surface area contributed by atoms with Crippen LogP contribution in [0.15, 0.2) is 25.3 Å². The van der Waals surface area contributed by atoms with Crippen molar-refractivity contribution in [2.24, 2.45) is 5.41 Å². The number of esters is 1. The maximum absolute atomic E-state index is 10.4. The zero-order valence-corrected chi connectivity index (χ0v) is 14.6. The molecule has 0 aromatic carbocycles. The van der Waals surface area contributed by atoms with Crippen molar-refractivity contribution in [1.29, 1.82) is 0 Å². The third kappa shape index (κ3) is 20.2. The molecule has 25 heavy (non-hydrogen) atoms. The van der Waals surface area contributed by atoms with Crippen molar-refractivity contribution in [3.63, 3.8) is 0 Å². The molecule has 0 bridgehead atoms. The molecule has 0 radical (unpaired) electrons. The fourth-order valence-electron chi connectivity index (χ4n) is 0.912. The van der Waals surface area contributed by atoms with Gasteiger partial charge in [-0.1, -0.05) is 20.1 Å². The smallest absolute Gasteiger partial charge is 0.330 e. The summed E-state index contributed by atoms with van der Waals surface area (Å²) in [7, 11) is 0. The minimum atomic E-state index is -0.981. The van der Waals surface area contributed by atoms with E-state index in [0.717, 1.165) is 12.2 Å². The summed E-state index contributed by atoms with van der Waals surface area (Å²) >= 11 is 0. The highest BCUT2D eigenvalue weighted by Crippen LogP contribution is 2.18. The second-order valence-electron chi connectivity index (χ2n) is 4.58. The van der Waals surface area contributed by atoms with Crippen LogP contribution < -0.4 is 0 Å². The molecule has 0 fully saturated rings. The maximum atomic E-state index is 10.4. The number of aliphatic carboxylic acids is 1.